The van der Waals surface area contributed by atoms with Gasteiger partial charge in [0.05, 0.1) is 11.5 Å². The molecule has 0 bridgehead atoms. The van der Waals surface area contributed by atoms with Crippen LogP contribution in [0, 0.1) is 10.1 Å². The summed E-state index contributed by atoms with van der Waals surface area (Å²) in [6, 6.07) is 6.43. The number of nitro groups is 1. The van der Waals surface area contributed by atoms with Gasteiger partial charge in [0.1, 0.15) is 16.9 Å². The number of thiophene rings is 1. The van der Waals surface area contributed by atoms with Gasteiger partial charge in [-0.2, -0.15) is 0 Å². The summed E-state index contributed by atoms with van der Waals surface area (Å²) in [5.41, 5.74) is -0.0505. The summed E-state index contributed by atoms with van der Waals surface area (Å²) < 4.78 is 5.10. The molecule has 8 heteroatoms. The Labute approximate surface area is 124 Å². The zero-order valence-corrected chi connectivity index (χ0v) is 11.8. The SMILES string of the molecule is O=C(OCCCNc1ccc([N+](=O)[O-])cn1)c1cccs1. The number of hydrogen-bond acceptors (Lipinski definition) is 7. The average molecular weight is 307 g/mol. The van der Waals surface area contributed by atoms with E-state index >= 15 is 0 Å². The number of nitrogens with zero attached hydrogens (tertiary/aromatic N) is 2. The molecule has 2 aromatic rings. The van der Waals surface area contributed by atoms with Crippen LogP contribution in [0.15, 0.2) is 35.8 Å². The number of esters is 1. The second-order valence-electron chi connectivity index (χ2n) is 4.05. The minimum absolute atomic E-state index is 0.0505. The zero-order valence-electron chi connectivity index (χ0n) is 11.0. The maximum Gasteiger partial charge on any atom is 0.348 e. The number of ether oxygens (including phenoxy) is 1. The van der Waals surface area contributed by atoms with Gasteiger partial charge in [0, 0.05) is 12.6 Å². The third-order valence-electron chi connectivity index (χ3n) is 2.54. The predicted octanol–water partition coefficient (Wildman–Crippen LogP) is 2.71. The number of carbonyl (C=O) groups is 1. The van der Waals surface area contributed by atoms with Crippen molar-refractivity contribution in [3.05, 3.63) is 50.8 Å². The molecule has 2 heterocycles. The molecule has 0 aromatic carbocycles. The summed E-state index contributed by atoms with van der Waals surface area (Å²) in [5, 5.41) is 15.3. The molecule has 0 radical (unpaired) electrons. The monoisotopic (exact) mass is 307 g/mol. The first-order valence-electron chi connectivity index (χ1n) is 6.22. The van der Waals surface area contributed by atoms with Gasteiger partial charge in [0.25, 0.3) is 5.69 Å². The number of anilines is 1. The number of pyridine rings is 1. The van der Waals surface area contributed by atoms with Gasteiger partial charge in [-0.15, -0.1) is 11.3 Å². The molecule has 110 valence electrons. The maximum atomic E-state index is 11.5. The van der Waals surface area contributed by atoms with E-state index in [2.05, 4.69) is 10.3 Å². The Morgan fingerprint density at radius 1 is 1.43 bits per heavy atom. The number of aromatic nitrogens is 1. The molecule has 2 rings (SSSR count). The predicted molar refractivity (Wildman–Crippen MR) is 78.6 cm³/mol. The van der Waals surface area contributed by atoms with Crippen LogP contribution in [0.25, 0.3) is 0 Å². The minimum atomic E-state index is -0.499. The normalized spacial score (nSPS) is 10.1. The number of nitrogens with one attached hydrogen (secondary N) is 1. The quantitative estimate of drug-likeness (QED) is 0.366. The molecule has 0 saturated heterocycles. The molecule has 0 unspecified atom stereocenters. The molecule has 0 spiro atoms. The molecule has 1 N–H and O–H groups in total. The topological polar surface area (TPSA) is 94.4 Å². The molecule has 0 aliphatic heterocycles. The lowest BCUT2D eigenvalue weighted by molar-refractivity contribution is -0.385. The van der Waals surface area contributed by atoms with Crippen molar-refractivity contribution in [1.29, 1.82) is 0 Å². The van der Waals surface area contributed by atoms with Crippen LogP contribution in [0.2, 0.25) is 0 Å². The van der Waals surface area contributed by atoms with E-state index in [4.69, 9.17) is 4.74 Å². The van der Waals surface area contributed by atoms with E-state index in [0.29, 0.717) is 30.3 Å². The zero-order chi connectivity index (χ0) is 15.1. The molecule has 2 aromatic heterocycles. The molecule has 0 amide bonds. The van der Waals surface area contributed by atoms with Gasteiger partial charge >= 0.3 is 5.97 Å². The first-order chi connectivity index (χ1) is 10.2. The smallest absolute Gasteiger partial charge is 0.348 e. The first kappa shape index (κ1) is 14.9. The van der Waals surface area contributed by atoms with Gasteiger partial charge in [0.15, 0.2) is 0 Å². The summed E-state index contributed by atoms with van der Waals surface area (Å²) >= 11 is 1.34. The molecule has 0 fully saturated rings. The van der Waals surface area contributed by atoms with Gasteiger partial charge in [0.2, 0.25) is 0 Å². The van der Waals surface area contributed by atoms with Crippen LogP contribution in [0.5, 0.6) is 0 Å². The second-order valence-corrected chi connectivity index (χ2v) is 5.00. The third kappa shape index (κ3) is 4.53. The van der Waals surface area contributed by atoms with Gasteiger partial charge in [-0.1, -0.05) is 6.07 Å². The molecule has 0 aliphatic carbocycles. The number of hydrogen-bond donors (Lipinski definition) is 1. The van der Waals surface area contributed by atoms with Crippen molar-refractivity contribution in [2.75, 3.05) is 18.5 Å². The fourth-order valence-electron chi connectivity index (χ4n) is 1.52. The lowest BCUT2D eigenvalue weighted by Crippen LogP contribution is -2.10. The fraction of sp³-hybridized carbons (Fsp3) is 0.231. The van der Waals surface area contributed by atoms with E-state index in [-0.39, 0.29) is 11.7 Å². The summed E-state index contributed by atoms with van der Waals surface area (Å²) in [4.78, 5) is 26.0. The van der Waals surface area contributed by atoms with E-state index < -0.39 is 4.92 Å². The van der Waals surface area contributed by atoms with Gasteiger partial charge in [-0.05, 0) is 23.9 Å². The standard InChI is InChI=1S/C13H13N3O4S/c17-13(11-3-1-8-21-11)20-7-2-6-14-12-5-4-10(9-15-12)16(18)19/h1,3-5,8-9H,2,6-7H2,(H,14,15). The Bertz CT molecular complexity index is 598. The lowest BCUT2D eigenvalue weighted by Gasteiger charge is -2.05. The van der Waals surface area contributed by atoms with Crippen molar-refractivity contribution in [2.24, 2.45) is 0 Å². The molecule has 0 saturated carbocycles. The lowest BCUT2D eigenvalue weighted by atomic mass is 10.4. The molecule has 0 aliphatic rings. The van der Waals surface area contributed by atoms with Crippen LogP contribution in [0.1, 0.15) is 16.1 Å². The highest BCUT2D eigenvalue weighted by Crippen LogP contribution is 2.12. The molecule has 21 heavy (non-hydrogen) atoms. The Kier molecular flexibility index (Phi) is 5.22. The first-order valence-corrected chi connectivity index (χ1v) is 7.10. The summed E-state index contributed by atoms with van der Waals surface area (Å²) in [5.74, 6) is 0.226. The third-order valence-corrected chi connectivity index (χ3v) is 3.39. The van der Waals surface area contributed by atoms with Gasteiger partial charge in [-0.25, -0.2) is 9.78 Å². The van der Waals surface area contributed by atoms with Crippen molar-refractivity contribution < 1.29 is 14.5 Å². The Balaban J connectivity index is 1.65. The van der Waals surface area contributed by atoms with Crippen LogP contribution < -0.4 is 5.32 Å². The average Bonchev–Trinajstić information content (AvgIpc) is 3.01. The van der Waals surface area contributed by atoms with Crippen molar-refractivity contribution in [1.82, 2.24) is 4.98 Å². The highest BCUT2D eigenvalue weighted by Gasteiger charge is 2.07. The van der Waals surface area contributed by atoms with Crippen LogP contribution >= 0.6 is 11.3 Å². The maximum absolute atomic E-state index is 11.5. The van der Waals surface area contributed by atoms with Crippen molar-refractivity contribution >= 4 is 28.8 Å². The summed E-state index contributed by atoms with van der Waals surface area (Å²) in [7, 11) is 0. The Hall–Kier alpha value is -2.48. The van der Waals surface area contributed by atoms with Crippen molar-refractivity contribution in [2.45, 2.75) is 6.42 Å². The Morgan fingerprint density at radius 2 is 2.29 bits per heavy atom. The molecular weight excluding hydrogens is 294 g/mol. The van der Waals surface area contributed by atoms with Crippen LogP contribution in [-0.4, -0.2) is 29.0 Å². The second kappa shape index (κ2) is 7.34. The largest absolute Gasteiger partial charge is 0.461 e. The van der Waals surface area contributed by atoms with Crippen LogP contribution in [-0.2, 0) is 4.74 Å². The summed E-state index contributed by atoms with van der Waals surface area (Å²) in [6.45, 7) is 0.860. The van der Waals surface area contributed by atoms with Gasteiger partial charge < -0.3 is 10.1 Å². The van der Waals surface area contributed by atoms with Crippen molar-refractivity contribution in [3.63, 3.8) is 0 Å². The van der Waals surface area contributed by atoms with E-state index in [0.717, 1.165) is 0 Å². The molecule has 7 nitrogen and oxygen atoms in total. The summed E-state index contributed by atoms with van der Waals surface area (Å²) in [6.07, 6.45) is 1.81. The highest BCUT2D eigenvalue weighted by molar-refractivity contribution is 7.11. The fourth-order valence-corrected chi connectivity index (χ4v) is 2.13. The van der Waals surface area contributed by atoms with E-state index in [1.54, 1.807) is 12.1 Å². The highest BCUT2D eigenvalue weighted by atomic mass is 32.1. The minimum Gasteiger partial charge on any atom is -0.461 e. The van der Waals surface area contributed by atoms with E-state index in [9.17, 15) is 14.9 Å². The van der Waals surface area contributed by atoms with E-state index in [1.807, 2.05) is 5.38 Å². The number of carbonyl (C=O) groups excluding carboxylic acids is 1. The van der Waals surface area contributed by atoms with Crippen molar-refractivity contribution in [3.8, 4) is 0 Å². The number of rotatable bonds is 7. The molecule has 0 atom stereocenters. The van der Waals surface area contributed by atoms with Gasteiger partial charge in [-0.3, -0.25) is 10.1 Å². The molecular formula is C13H13N3O4S. The van der Waals surface area contributed by atoms with Crippen LogP contribution in [0.3, 0.4) is 0 Å². The van der Waals surface area contributed by atoms with E-state index in [1.165, 1.54) is 29.7 Å². The van der Waals surface area contributed by atoms with Crippen LogP contribution in [0.4, 0.5) is 11.5 Å². The Morgan fingerprint density at radius 3 is 2.90 bits per heavy atom.